The topological polar surface area (TPSA) is 57.7 Å². The molecule has 3 heterocycles. The number of aromatic nitrogens is 4. The van der Waals surface area contributed by atoms with Gasteiger partial charge >= 0.3 is 0 Å². The SMILES string of the molecule is c1ccc(N(CCc2ncc[nH]2)c2ccccn2)nc1. The Kier molecular flexibility index (Phi) is 3.68. The number of nitrogens with zero attached hydrogens (tertiary/aromatic N) is 4. The summed E-state index contributed by atoms with van der Waals surface area (Å²) >= 11 is 0. The average Bonchev–Trinajstić information content (AvgIpc) is 3.03. The van der Waals surface area contributed by atoms with Gasteiger partial charge in [0.15, 0.2) is 0 Å². The molecular weight excluding hydrogens is 250 g/mol. The molecular formula is C15H15N5. The molecule has 1 N–H and O–H groups in total. The Labute approximate surface area is 117 Å². The lowest BCUT2D eigenvalue weighted by Gasteiger charge is -2.22. The van der Waals surface area contributed by atoms with Gasteiger partial charge in [0.25, 0.3) is 0 Å². The van der Waals surface area contributed by atoms with Crippen LogP contribution in [0.15, 0.2) is 61.2 Å². The maximum atomic E-state index is 4.41. The number of H-pyrrole nitrogens is 1. The van der Waals surface area contributed by atoms with Crippen molar-refractivity contribution in [3.8, 4) is 0 Å². The van der Waals surface area contributed by atoms with Crippen LogP contribution in [-0.4, -0.2) is 26.5 Å². The Bertz CT molecular complexity index is 582. The van der Waals surface area contributed by atoms with Gasteiger partial charge in [-0.15, -0.1) is 0 Å². The zero-order chi connectivity index (χ0) is 13.6. The molecule has 3 aromatic rings. The van der Waals surface area contributed by atoms with E-state index in [1.807, 2.05) is 42.6 Å². The van der Waals surface area contributed by atoms with Crippen LogP contribution in [0, 0.1) is 0 Å². The van der Waals surface area contributed by atoms with Crippen molar-refractivity contribution < 1.29 is 0 Å². The van der Waals surface area contributed by atoms with E-state index in [1.165, 1.54) is 0 Å². The molecule has 5 heteroatoms. The molecule has 5 nitrogen and oxygen atoms in total. The molecule has 0 aromatic carbocycles. The number of aromatic amines is 1. The van der Waals surface area contributed by atoms with Gasteiger partial charge in [-0.05, 0) is 24.3 Å². The van der Waals surface area contributed by atoms with Gasteiger partial charge in [0.05, 0.1) is 0 Å². The van der Waals surface area contributed by atoms with Crippen molar-refractivity contribution in [2.45, 2.75) is 6.42 Å². The van der Waals surface area contributed by atoms with Crippen LogP contribution in [0.1, 0.15) is 5.82 Å². The minimum atomic E-state index is 0.765. The fourth-order valence-corrected chi connectivity index (χ4v) is 2.03. The van der Waals surface area contributed by atoms with Crippen LogP contribution in [0.5, 0.6) is 0 Å². The highest BCUT2D eigenvalue weighted by atomic mass is 15.2. The van der Waals surface area contributed by atoms with E-state index in [4.69, 9.17) is 0 Å². The number of pyridine rings is 2. The maximum Gasteiger partial charge on any atom is 0.134 e. The number of hydrogen-bond donors (Lipinski definition) is 1. The molecule has 0 aliphatic heterocycles. The second-order valence-corrected chi connectivity index (χ2v) is 4.31. The van der Waals surface area contributed by atoms with Crippen molar-refractivity contribution in [1.82, 2.24) is 19.9 Å². The summed E-state index contributed by atoms with van der Waals surface area (Å²) in [6, 6.07) is 11.7. The van der Waals surface area contributed by atoms with Crippen molar-refractivity contribution >= 4 is 11.6 Å². The first-order chi connectivity index (χ1) is 9.93. The third kappa shape index (κ3) is 2.83. The first-order valence-electron chi connectivity index (χ1n) is 6.51. The molecule has 3 rings (SSSR count). The second-order valence-electron chi connectivity index (χ2n) is 4.31. The Morgan fingerprint density at radius 1 is 0.850 bits per heavy atom. The van der Waals surface area contributed by atoms with Crippen LogP contribution in [0.4, 0.5) is 11.6 Å². The molecule has 3 aromatic heterocycles. The van der Waals surface area contributed by atoms with Crippen molar-refractivity contribution in [2.24, 2.45) is 0 Å². The summed E-state index contributed by atoms with van der Waals surface area (Å²) in [5.74, 6) is 2.73. The third-order valence-corrected chi connectivity index (χ3v) is 2.98. The van der Waals surface area contributed by atoms with Gasteiger partial charge in [-0.3, -0.25) is 0 Å². The van der Waals surface area contributed by atoms with E-state index in [1.54, 1.807) is 18.6 Å². The molecule has 20 heavy (non-hydrogen) atoms. The summed E-state index contributed by atoms with van der Waals surface area (Å²) in [4.78, 5) is 18.3. The number of anilines is 2. The van der Waals surface area contributed by atoms with Crippen molar-refractivity contribution in [1.29, 1.82) is 0 Å². The highest BCUT2D eigenvalue weighted by Crippen LogP contribution is 2.20. The lowest BCUT2D eigenvalue weighted by Crippen LogP contribution is -2.22. The normalized spacial score (nSPS) is 10.4. The summed E-state index contributed by atoms with van der Waals surface area (Å²) in [6.45, 7) is 0.765. The summed E-state index contributed by atoms with van der Waals surface area (Å²) < 4.78 is 0. The Morgan fingerprint density at radius 2 is 1.55 bits per heavy atom. The lowest BCUT2D eigenvalue weighted by atomic mass is 10.3. The molecule has 0 radical (unpaired) electrons. The summed E-state index contributed by atoms with van der Waals surface area (Å²) in [5.41, 5.74) is 0. The van der Waals surface area contributed by atoms with Gasteiger partial charge in [0.2, 0.25) is 0 Å². The highest BCUT2D eigenvalue weighted by molar-refractivity contribution is 5.55. The molecule has 0 aliphatic carbocycles. The van der Waals surface area contributed by atoms with Crippen LogP contribution in [0.25, 0.3) is 0 Å². The summed E-state index contributed by atoms with van der Waals surface area (Å²) in [6.07, 6.45) is 7.99. The first kappa shape index (κ1) is 12.3. The zero-order valence-electron chi connectivity index (χ0n) is 11.0. The molecule has 0 unspecified atom stereocenters. The molecule has 0 saturated heterocycles. The predicted molar refractivity (Wildman–Crippen MR) is 77.8 cm³/mol. The van der Waals surface area contributed by atoms with E-state index in [9.17, 15) is 0 Å². The van der Waals surface area contributed by atoms with E-state index < -0.39 is 0 Å². The van der Waals surface area contributed by atoms with Crippen LogP contribution in [-0.2, 0) is 6.42 Å². The summed E-state index contributed by atoms with van der Waals surface area (Å²) in [7, 11) is 0. The van der Waals surface area contributed by atoms with E-state index in [-0.39, 0.29) is 0 Å². The monoisotopic (exact) mass is 265 g/mol. The molecule has 0 aliphatic rings. The molecule has 0 atom stereocenters. The largest absolute Gasteiger partial charge is 0.349 e. The van der Waals surface area contributed by atoms with Gasteiger partial charge in [-0.25, -0.2) is 15.0 Å². The first-order valence-corrected chi connectivity index (χ1v) is 6.51. The Hall–Kier alpha value is -2.69. The van der Waals surface area contributed by atoms with Gasteiger partial charge in [-0.1, -0.05) is 12.1 Å². The zero-order valence-corrected chi connectivity index (χ0v) is 11.0. The smallest absolute Gasteiger partial charge is 0.134 e. The minimum absolute atomic E-state index is 0.765. The average molecular weight is 265 g/mol. The quantitative estimate of drug-likeness (QED) is 0.770. The molecule has 100 valence electrons. The van der Waals surface area contributed by atoms with Crippen LogP contribution in [0.2, 0.25) is 0 Å². The lowest BCUT2D eigenvalue weighted by molar-refractivity contribution is 0.840. The second kappa shape index (κ2) is 5.97. The fourth-order valence-electron chi connectivity index (χ4n) is 2.03. The van der Waals surface area contributed by atoms with E-state index in [0.717, 1.165) is 30.4 Å². The third-order valence-electron chi connectivity index (χ3n) is 2.98. The van der Waals surface area contributed by atoms with E-state index in [0.29, 0.717) is 0 Å². The summed E-state index contributed by atoms with van der Waals surface area (Å²) in [5, 5.41) is 0. The predicted octanol–water partition coefficient (Wildman–Crippen LogP) is 2.58. The van der Waals surface area contributed by atoms with Crippen LogP contribution >= 0.6 is 0 Å². The minimum Gasteiger partial charge on any atom is -0.349 e. The number of hydrogen-bond acceptors (Lipinski definition) is 4. The molecule has 0 amide bonds. The van der Waals surface area contributed by atoms with Crippen LogP contribution < -0.4 is 4.90 Å². The van der Waals surface area contributed by atoms with Crippen molar-refractivity contribution in [2.75, 3.05) is 11.4 Å². The molecule has 0 saturated carbocycles. The number of nitrogens with one attached hydrogen (secondary N) is 1. The van der Waals surface area contributed by atoms with Gasteiger partial charge in [-0.2, -0.15) is 0 Å². The van der Waals surface area contributed by atoms with Gasteiger partial charge in [0, 0.05) is 37.8 Å². The van der Waals surface area contributed by atoms with Crippen LogP contribution in [0.3, 0.4) is 0 Å². The number of rotatable bonds is 5. The molecule has 0 fully saturated rings. The van der Waals surface area contributed by atoms with E-state index in [2.05, 4.69) is 24.8 Å². The standard InChI is InChI=1S/C15H15N5/c1-3-8-18-14(5-1)20(15-6-2-4-9-19-15)12-7-13-16-10-11-17-13/h1-6,8-11H,7,12H2,(H,16,17). The van der Waals surface area contributed by atoms with E-state index >= 15 is 0 Å². The fraction of sp³-hybridized carbons (Fsp3) is 0.133. The molecule has 0 spiro atoms. The van der Waals surface area contributed by atoms with Crippen molar-refractivity contribution in [3.05, 3.63) is 67.0 Å². The van der Waals surface area contributed by atoms with Gasteiger partial charge in [0.1, 0.15) is 17.5 Å². The van der Waals surface area contributed by atoms with Gasteiger partial charge < -0.3 is 9.88 Å². The Morgan fingerprint density at radius 3 is 2.05 bits per heavy atom. The molecule has 0 bridgehead atoms. The Balaban J connectivity index is 1.84. The highest BCUT2D eigenvalue weighted by Gasteiger charge is 2.11. The van der Waals surface area contributed by atoms with Crippen molar-refractivity contribution in [3.63, 3.8) is 0 Å². The number of imidazole rings is 1. The maximum absolute atomic E-state index is 4.41.